The summed E-state index contributed by atoms with van der Waals surface area (Å²) in [6.07, 6.45) is -6.09. The lowest BCUT2D eigenvalue weighted by atomic mass is 10.0. The first-order valence-electron chi connectivity index (χ1n) is 7.77. The third-order valence-electron chi connectivity index (χ3n) is 4.15. The van der Waals surface area contributed by atoms with Crippen LogP contribution >= 0.6 is 0 Å². The van der Waals surface area contributed by atoms with Gasteiger partial charge in [0.15, 0.2) is 0 Å². The molecule has 1 heterocycles. The summed E-state index contributed by atoms with van der Waals surface area (Å²) >= 11 is 0. The highest BCUT2D eigenvalue weighted by Gasteiger charge is 2.63. The zero-order chi connectivity index (χ0) is 19.8. The quantitative estimate of drug-likeness (QED) is 0.829. The molecule has 0 saturated carbocycles. The maximum absolute atomic E-state index is 13.5. The average molecular weight is 382 g/mol. The molecule has 142 valence electrons. The zero-order valence-electron chi connectivity index (χ0n) is 14.0. The second kappa shape index (κ2) is 6.66. The highest BCUT2D eigenvalue weighted by molar-refractivity contribution is 6.05. The summed E-state index contributed by atoms with van der Waals surface area (Å²) in [7, 11) is 1.44. The highest BCUT2D eigenvalue weighted by atomic mass is 19.4. The van der Waals surface area contributed by atoms with Crippen LogP contribution < -0.4 is 4.74 Å². The molecule has 2 aromatic carbocycles. The predicted octanol–water partition coefficient (Wildman–Crippen LogP) is 3.34. The van der Waals surface area contributed by atoms with Crippen LogP contribution in [0.25, 0.3) is 0 Å². The number of ether oxygens (including phenoxy) is 1. The molecule has 1 amide bonds. The van der Waals surface area contributed by atoms with Crippen molar-refractivity contribution in [1.82, 2.24) is 5.01 Å². The number of carbonyl (C=O) groups excluding carboxylic acids is 1. The molecular weight excluding hydrogens is 368 g/mol. The number of hydrogen-bond donors (Lipinski definition) is 1. The van der Waals surface area contributed by atoms with Crippen molar-refractivity contribution in [2.24, 2.45) is 5.10 Å². The van der Waals surface area contributed by atoms with Crippen molar-refractivity contribution in [2.75, 3.05) is 7.11 Å². The number of alkyl halides is 3. The van der Waals surface area contributed by atoms with Gasteiger partial charge in [0.2, 0.25) is 0 Å². The van der Waals surface area contributed by atoms with Crippen LogP contribution in [0.1, 0.15) is 22.3 Å². The van der Waals surface area contributed by atoms with Crippen molar-refractivity contribution in [3.8, 4) is 5.75 Å². The van der Waals surface area contributed by atoms with E-state index in [1.165, 1.54) is 31.4 Å². The van der Waals surface area contributed by atoms with E-state index < -0.39 is 30.0 Å². The van der Waals surface area contributed by atoms with Gasteiger partial charge in [-0.05, 0) is 54.1 Å². The summed E-state index contributed by atoms with van der Waals surface area (Å²) in [6.45, 7) is 0. The molecule has 0 radical (unpaired) electrons. The first-order chi connectivity index (χ1) is 12.7. The number of halogens is 4. The second-order valence-electron chi connectivity index (χ2n) is 5.89. The summed E-state index contributed by atoms with van der Waals surface area (Å²) in [6, 6.07) is 9.91. The molecule has 27 heavy (non-hydrogen) atoms. The largest absolute Gasteiger partial charge is 0.497 e. The Labute approximate surface area is 151 Å². The number of nitrogens with zero attached hydrogens (tertiary/aromatic N) is 2. The third-order valence-corrected chi connectivity index (χ3v) is 4.15. The van der Waals surface area contributed by atoms with Crippen LogP contribution in [0.4, 0.5) is 17.6 Å². The minimum absolute atomic E-state index is 0.000195. The lowest BCUT2D eigenvalue weighted by Gasteiger charge is -2.32. The third kappa shape index (κ3) is 3.37. The molecule has 1 N–H and O–H groups in total. The lowest BCUT2D eigenvalue weighted by Crippen LogP contribution is -2.56. The van der Waals surface area contributed by atoms with Crippen molar-refractivity contribution in [3.05, 3.63) is 65.5 Å². The molecule has 9 heteroatoms. The smallest absolute Gasteiger partial charge is 0.438 e. The SMILES string of the molecule is COc1ccc(C2=NN(C(=O)c3ccc(F)cc3)[C@@](O)(C(F)(F)F)C2)cc1. The first-order valence-corrected chi connectivity index (χ1v) is 7.77. The average Bonchev–Trinajstić information content (AvgIpc) is 3.01. The van der Waals surface area contributed by atoms with E-state index in [9.17, 15) is 27.5 Å². The van der Waals surface area contributed by atoms with E-state index in [2.05, 4.69) is 5.10 Å². The van der Waals surface area contributed by atoms with Crippen LogP contribution in [0.15, 0.2) is 53.6 Å². The van der Waals surface area contributed by atoms with Gasteiger partial charge in [-0.1, -0.05) is 0 Å². The summed E-state index contributed by atoms with van der Waals surface area (Å²) in [5.41, 5.74) is -3.56. The Morgan fingerprint density at radius 1 is 1.15 bits per heavy atom. The molecule has 1 atom stereocenters. The van der Waals surface area contributed by atoms with Gasteiger partial charge in [-0.2, -0.15) is 23.3 Å². The van der Waals surface area contributed by atoms with E-state index in [1.807, 2.05) is 0 Å². The monoisotopic (exact) mass is 382 g/mol. The number of hydrazone groups is 1. The highest BCUT2D eigenvalue weighted by Crippen LogP contribution is 2.42. The molecule has 0 aromatic heterocycles. The van der Waals surface area contributed by atoms with Crippen LogP contribution in [0.3, 0.4) is 0 Å². The molecule has 2 aromatic rings. The molecule has 0 saturated heterocycles. The normalized spacial score (nSPS) is 19.8. The van der Waals surface area contributed by atoms with E-state index >= 15 is 0 Å². The van der Waals surface area contributed by atoms with Gasteiger partial charge in [0, 0.05) is 5.56 Å². The Morgan fingerprint density at radius 2 is 1.74 bits per heavy atom. The Balaban J connectivity index is 2.01. The fourth-order valence-electron chi connectivity index (χ4n) is 2.64. The summed E-state index contributed by atoms with van der Waals surface area (Å²) in [5, 5.41) is 14.0. The Bertz CT molecular complexity index is 879. The molecule has 5 nitrogen and oxygen atoms in total. The van der Waals surface area contributed by atoms with Gasteiger partial charge >= 0.3 is 6.18 Å². The first kappa shape index (κ1) is 18.8. The minimum atomic E-state index is -5.15. The second-order valence-corrected chi connectivity index (χ2v) is 5.89. The fraction of sp³-hybridized carbons (Fsp3) is 0.222. The van der Waals surface area contributed by atoms with Gasteiger partial charge in [0.25, 0.3) is 11.6 Å². The van der Waals surface area contributed by atoms with E-state index in [0.717, 1.165) is 24.3 Å². The fourth-order valence-corrected chi connectivity index (χ4v) is 2.64. The predicted molar refractivity (Wildman–Crippen MR) is 87.7 cm³/mol. The molecule has 0 spiro atoms. The minimum Gasteiger partial charge on any atom is -0.497 e. The van der Waals surface area contributed by atoms with Crippen LogP contribution in [-0.4, -0.2) is 40.7 Å². The molecule has 0 aliphatic carbocycles. The van der Waals surface area contributed by atoms with Crippen LogP contribution in [0, 0.1) is 5.82 Å². The van der Waals surface area contributed by atoms with Gasteiger partial charge in [-0.3, -0.25) is 4.79 Å². The molecule has 1 aliphatic rings. The molecule has 1 aliphatic heterocycles. The molecule has 0 fully saturated rings. The van der Waals surface area contributed by atoms with Crippen LogP contribution in [0.5, 0.6) is 5.75 Å². The van der Waals surface area contributed by atoms with Crippen molar-refractivity contribution in [2.45, 2.75) is 18.3 Å². The Morgan fingerprint density at radius 3 is 2.26 bits per heavy atom. The van der Waals surface area contributed by atoms with E-state index in [4.69, 9.17) is 4.74 Å². The van der Waals surface area contributed by atoms with Crippen molar-refractivity contribution < 1.29 is 32.2 Å². The Hall–Kier alpha value is -2.94. The van der Waals surface area contributed by atoms with Gasteiger partial charge < -0.3 is 9.84 Å². The molecule has 3 rings (SSSR count). The number of rotatable bonds is 3. The van der Waals surface area contributed by atoms with Gasteiger partial charge in [-0.25, -0.2) is 4.39 Å². The van der Waals surface area contributed by atoms with Crippen molar-refractivity contribution in [3.63, 3.8) is 0 Å². The number of amides is 1. The lowest BCUT2D eigenvalue weighted by molar-refractivity contribution is -0.297. The van der Waals surface area contributed by atoms with E-state index in [1.54, 1.807) is 0 Å². The summed E-state index contributed by atoms with van der Waals surface area (Å²) in [5.74, 6) is -1.36. The van der Waals surface area contributed by atoms with Gasteiger partial charge in [0.1, 0.15) is 11.6 Å². The number of hydrogen-bond acceptors (Lipinski definition) is 4. The standard InChI is InChI=1S/C18H14F4N2O3/c1-27-14-8-4-11(5-9-14)15-10-17(26,18(20,21)22)24(23-15)16(25)12-2-6-13(19)7-3-12/h2-9,26H,10H2,1H3/t17-/m0/s1. The maximum Gasteiger partial charge on any atom is 0.438 e. The van der Waals surface area contributed by atoms with Gasteiger partial charge in [-0.15, -0.1) is 0 Å². The molecular formula is C18H14F4N2O3. The number of carbonyl (C=O) groups is 1. The van der Waals surface area contributed by atoms with Gasteiger partial charge in [0.05, 0.1) is 19.2 Å². The Kier molecular flexibility index (Phi) is 4.64. The van der Waals surface area contributed by atoms with E-state index in [-0.39, 0.29) is 16.3 Å². The van der Waals surface area contributed by atoms with Crippen LogP contribution in [-0.2, 0) is 0 Å². The summed E-state index contributed by atoms with van der Waals surface area (Å²) < 4.78 is 58.6. The molecule has 0 bridgehead atoms. The zero-order valence-corrected chi connectivity index (χ0v) is 14.0. The maximum atomic E-state index is 13.5. The molecule has 0 unspecified atom stereocenters. The summed E-state index contributed by atoms with van der Waals surface area (Å²) in [4.78, 5) is 12.5. The van der Waals surface area contributed by atoms with Crippen molar-refractivity contribution in [1.29, 1.82) is 0 Å². The topological polar surface area (TPSA) is 62.1 Å². The number of methoxy groups -OCH3 is 1. The van der Waals surface area contributed by atoms with E-state index in [0.29, 0.717) is 11.3 Å². The van der Waals surface area contributed by atoms with Crippen molar-refractivity contribution >= 4 is 11.6 Å². The number of benzene rings is 2. The number of aliphatic hydroxyl groups is 1. The van der Waals surface area contributed by atoms with Crippen LogP contribution in [0.2, 0.25) is 0 Å².